The molecule has 0 spiro atoms. The van der Waals surface area contributed by atoms with Gasteiger partial charge in [0.1, 0.15) is 5.82 Å². The highest BCUT2D eigenvalue weighted by molar-refractivity contribution is 5.97. The minimum absolute atomic E-state index is 0.127. The molecule has 27 heavy (non-hydrogen) atoms. The number of aromatic nitrogens is 4. The van der Waals surface area contributed by atoms with Gasteiger partial charge in [0.25, 0.3) is 5.91 Å². The molecule has 0 radical (unpaired) electrons. The van der Waals surface area contributed by atoms with Crippen LogP contribution in [0.5, 0.6) is 0 Å². The Morgan fingerprint density at radius 2 is 2.00 bits per heavy atom. The van der Waals surface area contributed by atoms with Crippen molar-refractivity contribution >= 4 is 16.9 Å². The fourth-order valence-corrected chi connectivity index (χ4v) is 4.21. The molecule has 3 aromatic rings. The van der Waals surface area contributed by atoms with Crippen molar-refractivity contribution < 1.29 is 4.79 Å². The largest absolute Gasteiger partial charge is 0.345 e. The van der Waals surface area contributed by atoms with Crippen LogP contribution in [0.4, 0.5) is 0 Å². The van der Waals surface area contributed by atoms with E-state index in [4.69, 9.17) is 0 Å². The van der Waals surface area contributed by atoms with Crippen molar-refractivity contribution in [1.29, 1.82) is 0 Å². The molecule has 1 N–H and O–H groups in total. The lowest BCUT2D eigenvalue weighted by molar-refractivity contribution is 0.0682. The molecule has 0 unspecified atom stereocenters. The number of likely N-dealkylation sites (tertiary alicyclic amines) is 1. The molecule has 1 amide bonds. The van der Waals surface area contributed by atoms with Gasteiger partial charge in [0.2, 0.25) is 0 Å². The standard InChI is InChI=1S/C21H25N5O/c1-14-11-22-20(16-2-3-16)26(14)12-15-6-8-25(9-7-15)21(27)17-4-5-18-19(10-17)24-13-23-18/h4-5,10-11,13,15-16H,2-3,6-9,12H2,1H3,(H,23,24). The summed E-state index contributed by atoms with van der Waals surface area (Å²) in [4.78, 5) is 26.8. The van der Waals surface area contributed by atoms with E-state index in [-0.39, 0.29) is 5.91 Å². The number of fused-ring (bicyclic) bond motifs is 1. The van der Waals surface area contributed by atoms with Crippen molar-refractivity contribution in [1.82, 2.24) is 24.4 Å². The number of nitrogens with one attached hydrogen (secondary N) is 1. The van der Waals surface area contributed by atoms with E-state index in [0.717, 1.165) is 49.1 Å². The molecular formula is C21H25N5O. The van der Waals surface area contributed by atoms with E-state index in [1.807, 2.05) is 29.3 Å². The SMILES string of the molecule is Cc1cnc(C2CC2)n1CC1CCN(C(=O)c2ccc3nc[nH]c3c2)CC1. The molecule has 2 aliphatic rings. The minimum atomic E-state index is 0.127. The third-order valence-electron chi connectivity index (χ3n) is 6.04. The van der Waals surface area contributed by atoms with Gasteiger partial charge in [-0.3, -0.25) is 4.79 Å². The highest BCUT2D eigenvalue weighted by Gasteiger charge is 2.30. The van der Waals surface area contributed by atoms with E-state index < -0.39 is 0 Å². The maximum Gasteiger partial charge on any atom is 0.253 e. The normalized spacial score (nSPS) is 18.3. The van der Waals surface area contributed by atoms with Gasteiger partial charge < -0.3 is 14.5 Å². The van der Waals surface area contributed by atoms with Crippen molar-refractivity contribution in [3.63, 3.8) is 0 Å². The summed E-state index contributed by atoms with van der Waals surface area (Å²) in [5.41, 5.74) is 3.82. The molecule has 1 aliphatic heterocycles. The number of aryl methyl sites for hydroxylation is 1. The van der Waals surface area contributed by atoms with Gasteiger partial charge in [-0.25, -0.2) is 9.97 Å². The Balaban J connectivity index is 1.23. The second-order valence-corrected chi connectivity index (χ2v) is 8.01. The summed E-state index contributed by atoms with van der Waals surface area (Å²) < 4.78 is 2.42. The highest BCUT2D eigenvalue weighted by Crippen LogP contribution is 2.40. The van der Waals surface area contributed by atoms with Crippen molar-refractivity contribution in [2.45, 2.75) is 45.1 Å². The van der Waals surface area contributed by atoms with E-state index in [2.05, 4.69) is 26.4 Å². The van der Waals surface area contributed by atoms with Crippen LogP contribution in [-0.2, 0) is 6.54 Å². The number of aromatic amines is 1. The molecular weight excluding hydrogens is 338 g/mol. The van der Waals surface area contributed by atoms with E-state index in [1.165, 1.54) is 24.4 Å². The summed E-state index contributed by atoms with van der Waals surface area (Å²) in [5, 5.41) is 0. The maximum absolute atomic E-state index is 12.9. The molecule has 0 bridgehead atoms. The van der Waals surface area contributed by atoms with Gasteiger partial charge in [0.15, 0.2) is 0 Å². The fraction of sp³-hybridized carbons (Fsp3) is 0.476. The number of benzene rings is 1. The van der Waals surface area contributed by atoms with Crippen LogP contribution in [0.3, 0.4) is 0 Å². The smallest absolute Gasteiger partial charge is 0.253 e. The molecule has 0 atom stereocenters. The summed E-state index contributed by atoms with van der Waals surface area (Å²) in [6, 6.07) is 5.70. The molecule has 1 aromatic carbocycles. The van der Waals surface area contributed by atoms with E-state index in [0.29, 0.717) is 11.8 Å². The van der Waals surface area contributed by atoms with Crippen molar-refractivity contribution in [2.24, 2.45) is 5.92 Å². The van der Waals surface area contributed by atoms with Crippen LogP contribution < -0.4 is 0 Å². The summed E-state index contributed by atoms with van der Waals surface area (Å²) in [6.07, 6.45) is 8.35. The molecule has 1 saturated carbocycles. The van der Waals surface area contributed by atoms with Crippen molar-refractivity contribution in [3.05, 3.63) is 47.8 Å². The molecule has 5 rings (SSSR count). The van der Waals surface area contributed by atoms with Crippen LogP contribution in [0, 0.1) is 12.8 Å². The Kier molecular flexibility index (Phi) is 3.99. The third-order valence-corrected chi connectivity index (χ3v) is 6.04. The topological polar surface area (TPSA) is 66.8 Å². The number of piperidine rings is 1. The predicted octanol–water partition coefficient (Wildman–Crippen LogP) is 3.50. The number of H-pyrrole nitrogens is 1. The molecule has 3 heterocycles. The first-order valence-corrected chi connectivity index (χ1v) is 9.93. The van der Waals surface area contributed by atoms with E-state index in [9.17, 15) is 4.79 Å². The summed E-state index contributed by atoms with van der Waals surface area (Å²) in [7, 11) is 0. The fourth-order valence-electron chi connectivity index (χ4n) is 4.21. The number of hydrogen-bond acceptors (Lipinski definition) is 3. The van der Waals surface area contributed by atoms with Crippen LogP contribution >= 0.6 is 0 Å². The van der Waals surface area contributed by atoms with Crippen molar-refractivity contribution in [2.75, 3.05) is 13.1 Å². The monoisotopic (exact) mass is 363 g/mol. The second kappa shape index (κ2) is 6.51. The van der Waals surface area contributed by atoms with Crippen LogP contribution in [0.2, 0.25) is 0 Å². The Bertz CT molecular complexity index is 976. The number of carbonyl (C=O) groups excluding carboxylic acids is 1. The summed E-state index contributed by atoms with van der Waals surface area (Å²) in [5.74, 6) is 2.70. The van der Waals surface area contributed by atoms with Gasteiger partial charge in [-0.1, -0.05) is 0 Å². The van der Waals surface area contributed by atoms with Gasteiger partial charge in [0.05, 0.1) is 17.4 Å². The number of carbonyl (C=O) groups is 1. The van der Waals surface area contributed by atoms with Crippen LogP contribution in [0.1, 0.15) is 53.5 Å². The average Bonchev–Trinajstić information content (AvgIpc) is 3.32. The lowest BCUT2D eigenvalue weighted by Gasteiger charge is -2.32. The van der Waals surface area contributed by atoms with E-state index >= 15 is 0 Å². The van der Waals surface area contributed by atoms with E-state index in [1.54, 1.807) is 6.33 Å². The summed E-state index contributed by atoms with van der Waals surface area (Å²) in [6.45, 7) is 4.86. The van der Waals surface area contributed by atoms with Crippen LogP contribution in [-0.4, -0.2) is 43.4 Å². The molecule has 6 nitrogen and oxygen atoms in total. The quantitative estimate of drug-likeness (QED) is 0.771. The molecule has 1 saturated heterocycles. The minimum Gasteiger partial charge on any atom is -0.345 e. The Hall–Kier alpha value is -2.63. The first-order valence-electron chi connectivity index (χ1n) is 9.93. The number of amides is 1. The zero-order chi connectivity index (χ0) is 18.4. The van der Waals surface area contributed by atoms with Crippen LogP contribution in [0.15, 0.2) is 30.7 Å². The Labute approximate surface area is 158 Å². The predicted molar refractivity (Wildman–Crippen MR) is 104 cm³/mol. The third kappa shape index (κ3) is 3.13. The number of hydrogen-bond donors (Lipinski definition) is 1. The first-order chi connectivity index (χ1) is 13.2. The second-order valence-electron chi connectivity index (χ2n) is 8.01. The molecule has 2 fully saturated rings. The maximum atomic E-state index is 12.9. The van der Waals surface area contributed by atoms with Gasteiger partial charge >= 0.3 is 0 Å². The summed E-state index contributed by atoms with van der Waals surface area (Å²) >= 11 is 0. The Morgan fingerprint density at radius 3 is 2.78 bits per heavy atom. The van der Waals surface area contributed by atoms with Gasteiger partial charge in [-0.15, -0.1) is 0 Å². The number of nitrogens with zero attached hydrogens (tertiary/aromatic N) is 4. The van der Waals surface area contributed by atoms with Gasteiger partial charge in [-0.05, 0) is 56.7 Å². The number of rotatable bonds is 4. The first kappa shape index (κ1) is 16.5. The number of imidazole rings is 2. The molecule has 140 valence electrons. The average molecular weight is 363 g/mol. The lowest BCUT2D eigenvalue weighted by atomic mass is 9.96. The zero-order valence-corrected chi connectivity index (χ0v) is 15.7. The highest BCUT2D eigenvalue weighted by atomic mass is 16.2. The van der Waals surface area contributed by atoms with Crippen LogP contribution in [0.25, 0.3) is 11.0 Å². The molecule has 1 aliphatic carbocycles. The molecule has 2 aromatic heterocycles. The molecule has 6 heteroatoms. The Morgan fingerprint density at radius 1 is 1.19 bits per heavy atom. The van der Waals surface area contributed by atoms with Gasteiger partial charge in [-0.2, -0.15) is 0 Å². The van der Waals surface area contributed by atoms with Crippen molar-refractivity contribution in [3.8, 4) is 0 Å². The lowest BCUT2D eigenvalue weighted by Crippen LogP contribution is -2.39. The zero-order valence-electron chi connectivity index (χ0n) is 15.7. The van der Waals surface area contributed by atoms with Gasteiger partial charge in [0, 0.05) is 43.0 Å².